The van der Waals surface area contributed by atoms with Crippen LogP contribution in [-0.2, 0) is 14.4 Å². The first-order chi connectivity index (χ1) is 14.6. The Labute approximate surface area is 184 Å². The first kappa shape index (κ1) is 28.6. The van der Waals surface area contributed by atoms with Crippen molar-refractivity contribution in [2.45, 2.75) is 104 Å². The molecule has 6 heteroatoms. The van der Waals surface area contributed by atoms with E-state index in [4.69, 9.17) is 9.94 Å². The van der Waals surface area contributed by atoms with Gasteiger partial charge in [-0.15, -0.1) is 0 Å². The molecule has 0 aromatic carbocycles. The third-order valence-electron chi connectivity index (χ3n) is 4.97. The van der Waals surface area contributed by atoms with Crippen LogP contribution >= 0.6 is 0 Å². The van der Waals surface area contributed by atoms with Crippen molar-refractivity contribution in [2.75, 3.05) is 26.2 Å². The van der Waals surface area contributed by atoms with E-state index in [1.54, 1.807) is 6.92 Å². The molecule has 0 fully saturated rings. The summed E-state index contributed by atoms with van der Waals surface area (Å²) in [6, 6.07) is 0. The number of hydrogen-bond donors (Lipinski definition) is 2. The molecule has 1 amide bonds. The van der Waals surface area contributed by atoms with Crippen LogP contribution in [0.25, 0.3) is 0 Å². The Morgan fingerprint density at radius 1 is 0.867 bits per heavy atom. The van der Waals surface area contributed by atoms with Crippen molar-refractivity contribution in [2.24, 2.45) is 0 Å². The maximum Gasteiger partial charge on any atom is 0.320 e. The van der Waals surface area contributed by atoms with Crippen molar-refractivity contribution >= 4 is 11.9 Å². The maximum absolute atomic E-state index is 11.8. The number of nitrogens with zero attached hydrogens (tertiary/aromatic N) is 1. The summed E-state index contributed by atoms with van der Waals surface area (Å²) in [6.07, 6.45) is 21.4. The molecule has 0 radical (unpaired) electrons. The number of aliphatic carboxylic acids is 1. The van der Waals surface area contributed by atoms with Crippen LogP contribution in [0.15, 0.2) is 12.2 Å². The molecule has 0 spiro atoms. The lowest BCUT2D eigenvalue weighted by Crippen LogP contribution is -2.37. The summed E-state index contributed by atoms with van der Waals surface area (Å²) in [7, 11) is 0. The highest BCUT2D eigenvalue weighted by atomic mass is 16.7. The number of hydroxylamine groups is 2. The van der Waals surface area contributed by atoms with Gasteiger partial charge in [-0.1, -0.05) is 70.4 Å². The van der Waals surface area contributed by atoms with Gasteiger partial charge in [0.15, 0.2) is 0 Å². The van der Waals surface area contributed by atoms with Crippen LogP contribution < -0.4 is 5.32 Å². The molecule has 0 aliphatic rings. The molecule has 30 heavy (non-hydrogen) atoms. The van der Waals surface area contributed by atoms with Gasteiger partial charge in [-0.3, -0.25) is 14.4 Å². The van der Waals surface area contributed by atoms with E-state index in [0.717, 1.165) is 12.8 Å². The molecule has 0 saturated carbocycles. The molecule has 0 aromatic heterocycles. The van der Waals surface area contributed by atoms with Gasteiger partial charge in [0.25, 0.3) is 0 Å². The first-order valence-corrected chi connectivity index (χ1v) is 12.1. The molecule has 0 rings (SSSR count). The minimum absolute atomic E-state index is 0.0272. The summed E-state index contributed by atoms with van der Waals surface area (Å²) in [5.41, 5.74) is 0. The second-order valence-corrected chi connectivity index (χ2v) is 7.86. The summed E-state index contributed by atoms with van der Waals surface area (Å²) in [5.74, 6) is -0.914. The number of nitrogens with one attached hydrogen (secondary N) is 1. The quantitative estimate of drug-likeness (QED) is 0.136. The van der Waals surface area contributed by atoms with Gasteiger partial charge >= 0.3 is 5.97 Å². The van der Waals surface area contributed by atoms with E-state index in [0.29, 0.717) is 26.1 Å². The number of carbonyl (C=O) groups excluding carboxylic acids is 1. The Morgan fingerprint density at radius 2 is 1.43 bits per heavy atom. The Kier molecular flexibility index (Phi) is 21.2. The number of amides is 1. The normalized spacial score (nSPS) is 11.4. The Balaban J connectivity index is 3.44. The molecule has 6 nitrogen and oxygen atoms in total. The van der Waals surface area contributed by atoms with E-state index in [1.807, 2.05) is 0 Å². The molecule has 0 saturated heterocycles. The van der Waals surface area contributed by atoms with Crippen LogP contribution in [0.2, 0.25) is 0 Å². The average molecular weight is 427 g/mol. The first-order valence-electron chi connectivity index (χ1n) is 12.1. The lowest BCUT2D eigenvalue weighted by atomic mass is 10.1. The predicted octanol–water partition coefficient (Wildman–Crippen LogP) is 5.48. The number of hydrogen-bond acceptors (Lipinski definition) is 4. The van der Waals surface area contributed by atoms with Crippen molar-refractivity contribution in [1.82, 2.24) is 10.4 Å². The number of carboxylic acid groups (broad SMARTS) is 1. The van der Waals surface area contributed by atoms with E-state index >= 15 is 0 Å². The van der Waals surface area contributed by atoms with Crippen molar-refractivity contribution in [3.8, 4) is 0 Å². The van der Waals surface area contributed by atoms with Crippen LogP contribution in [0.1, 0.15) is 104 Å². The second kappa shape index (κ2) is 22.3. The lowest BCUT2D eigenvalue weighted by Gasteiger charge is -2.19. The van der Waals surface area contributed by atoms with Crippen molar-refractivity contribution in [3.05, 3.63) is 12.2 Å². The fraction of sp³-hybridized carbons (Fsp3) is 0.833. The monoisotopic (exact) mass is 426 g/mol. The van der Waals surface area contributed by atoms with Gasteiger partial charge in [-0.2, -0.15) is 5.06 Å². The topological polar surface area (TPSA) is 78.9 Å². The van der Waals surface area contributed by atoms with Gasteiger partial charge in [0.2, 0.25) is 5.91 Å². The fourth-order valence-electron chi connectivity index (χ4n) is 3.29. The average Bonchev–Trinajstić information content (AvgIpc) is 2.70. The number of unbranched alkanes of at least 4 members (excludes halogenated alkanes) is 11. The molecule has 0 unspecified atom stereocenters. The summed E-state index contributed by atoms with van der Waals surface area (Å²) < 4.78 is 0. The van der Waals surface area contributed by atoms with Gasteiger partial charge in [0, 0.05) is 19.5 Å². The molecular weight excluding hydrogens is 380 g/mol. The second-order valence-electron chi connectivity index (χ2n) is 7.86. The minimum Gasteiger partial charge on any atom is -0.480 e. The molecule has 0 aliphatic heterocycles. The van der Waals surface area contributed by atoms with Crippen molar-refractivity contribution in [3.63, 3.8) is 0 Å². The van der Waals surface area contributed by atoms with E-state index in [-0.39, 0.29) is 12.5 Å². The molecule has 0 aromatic rings. The third-order valence-corrected chi connectivity index (χ3v) is 4.97. The van der Waals surface area contributed by atoms with Crippen molar-refractivity contribution in [1.29, 1.82) is 0 Å². The number of allylic oxidation sites excluding steroid dienone is 2. The van der Waals surface area contributed by atoms with Gasteiger partial charge < -0.3 is 10.4 Å². The number of carbonyl (C=O) groups is 2. The minimum atomic E-state index is -0.942. The molecule has 0 bridgehead atoms. The molecule has 0 aliphatic carbocycles. The SMILES string of the molecule is CCCCCCCC/C=C\CCCCCCCC(=O)NCCN(CC(=O)O)OCC. The number of carboxylic acids is 1. The standard InChI is InChI=1S/C24H46N2O4/c1-3-5-6-7-8-9-10-11-12-13-14-15-16-17-18-19-23(27)25-20-21-26(30-4-2)22-24(28)29/h11-12H,3-10,13-22H2,1-2H3,(H,25,27)(H,28,29)/b12-11-. The highest BCUT2D eigenvalue weighted by Gasteiger charge is 2.10. The molecule has 176 valence electrons. The van der Waals surface area contributed by atoms with E-state index < -0.39 is 5.97 Å². The zero-order valence-corrected chi connectivity index (χ0v) is 19.5. The van der Waals surface area contributed by atoms with Gasteiger partial charge in [-0.25, -0.2) is 0 Å². The zero-order chi connectivity index (χ0) is 22.3. The summed E-state index contributed by atoms with van der Waals surface area (Å²) in [6.45, 7) is 5.07. The predicted molar refractivity (Wildman–Crippen MR) is 123 cm³/mol. The van der Waals surface area contributed by atoms with Gasteiger partial charge in [-0.05, 0) is 39.0 Å². The zero-order valence-electron chi connectivity index (χ0n) is 19.5. The lowest BCUT2D eigenvalue weighted by molar-refractivity contribution is -0.173. The van der Waals surface area contributed by atoms with Crippen LogP contribution in [0, 0.1) is 0 Å². The Hall–Kier alpha value is -1.40. The van der Waals surface area contributed by atoms with E-state index in [2.05, 4.69) is 24.4 Å². The van der Waals surface area contributed by atoms with Crippen LogP contribution in [0.4, 0.5) is 0 Å². The largest absolute Gasteiger partial charge is 0.480 e. The Morgan fingerprint density at radius 3 is 2.00 bits per heavy atom. The highest BCUT2D eigenvalue weighted by Crippen LogP contribution is 2.09. The summed E-state index contributed by atoms with van der Waals surface area (Å²) in [5, 5.41) is 13.0. The van der Waals surface area contributed by atoms with E-state index in [1.165, 1.54) is 75.7 Å². The van der Waals surface area contributed by atoms with Gasteiger partial charge in [0.05, 0.1) is 6.61 Å². The summed E-state index contributed by atoms with van der Waals surface area (Å²) in [4.78, 5) is 27.8. The van der Waals surface area contributed by atoms with Crippen LogP contribution in [-0.4, -0.2) is 48.3 Å². The number of rotatable bonds is 22. The van der Waals surface area contributed by atoms with E-state index in [9.17, 15) is 9.59 Å². The maximum atomic E-state index is 11.8. The van der Waals surface area contributed by atoms with Crippen LogP contribution in [0.3, 0.4) is 0 Å². The Bertz CT molecular complexity index is 441. The highest BCUT2D eigenvalue weighted by molar-refractivity contribution is 5.75. The van der Waals surface area contributed by atoms with Gasteiger partial charge in [0.1, 0.15) is 6.54 Å². The molecular formula is C24H46N2O4. The molecule has 0 atom stereocenters. The fourth-order valence-corrected chi connectivity index (χ4v) is 3.29. The van der Waals surface area contributed by atoms with Crippen LogP contribution in [0.5, 0.6) is 0 Å². The molecule has 0 heterocycles. The summed E-state index contributed by atoms with van der Waals surface area (Å²) >= 11 is 0. The smallest absolute Gasteiger partial charge is 0.320 e. The molecule has 2 N–H and O–H groups in total. The van der Waals surface area contributed by atoms with Crippen molar-refractivity contribution < 1.29 is 19.5 Å². The third kappa shape index (κ3) is 21.3.